The van der Waals surface area contributed by atoms with Crippen LogP contribution in [0.25, 0.3) is 0 Å². The lowest BCUT2D eigenvalue weighted by atomic mass is 10.1. The minimum atomic E-state index is -0.424. The van der Waals surface area contributed by atoms with Crippen LogP contribution < -0.4 is 5.32 Å². The van der Waals surface area contributed by atoms with Gasteiger partial charge in [-0.25, -0.2) is 0 Å². The van der Waals surface area contributed by atoms with E-state index < -0.39 is 6.04 Å². The van der Waals surface area contributed by atoms with Crippen molar-refractivity contribution in [2.45, 2.75) is 57.5 Å². The Morgan fingerprint density at radius 3 is 2.73 bits per heavy atom. The summed E-state index contributed by atoms with van der Waals surface area (Å²) in [7, 11) is 0. The second-order valence-corrected chi connectivity index (χ2v) is 7.24. The van der Waals surface area contributed by atoms with E-state index in [2.05, 4.69) is 22.1 Å². The molecular formula is C17H24N2O2S. The zero-order valence-corrected chi connectivity index (χ0v) is 13.9. The molecule has 3 rings (SSSR count). The van der Waals surface area contributed by atoms with Crippen LogP contribution in [0.5, 0.6) is 0 Å². The second-order valence-electron chi connectivity index (χ2n) is 6.46. The highest BCUT2D eigenvalue weighted by molar-refractivity contribution is 7.07. The Morgan fingerprint density at radius 1 is 1.27 bits per heavy atom. The zero-order chi connectivity index (χ0) is 15.5. The molecule has 2 atom stereocenters. The van der Waals surface area contributed by atoms with Gasteiger partial charge in [-0.05, 0) is 55.0 Å². The van der Waals surface area contributed by atoms with Gasteiger partial charge in [-0.2, -0.15) is 11.3 Å². The van der Waals surface area contributed by atoms with Gasteiger partial charge < -0.3 is 10.2 Å². The van der Waals surface area contributed by atoms with Crippen molar-refractivity contribution in [3.8, 4) is 0 Å². The predicted molar refractivity (Wildman–Crippen MR) is 87.6 cm³/mol. The molecule has 1 saturated carbocycles. The van der Waals surface area contributed by atoms with Gasteiger partial charge in [0.2, 0.25) is 11.8 Å². The molecular weight excluding hydrogens is 296 g/mol. The van der Waals surface area contributed by atoms with Crippen molar-refractivity contribution >= 4 is 23.2 Å². The molecule has 2 amide bonds. The first-order valence-corrected chi connectivity index (χ1v) is 9.24. The number of nitrogens with one attached hydrogen (secondary N) is 1. The fraction of sp³-hybridized carbons (Fsp3) is 0.647. The van der Waals surface area contributed by atoms with Gasteiger partial charge in [-0.15, -0.1) is 0 Å². The van der Waals surface area contributed by atoms with E-state index in [4.69, 9.17) is 0 Å². The summed E-state index contributed by atoms with van der Waals surface area (Å²) in [6.45, 7) is 2.61. The van der Waals surface area contributed by atoms with Gasteiger partial charge in [0.1, 0.15) is 6.04 Å². The van der Waals surface area contributed by atoms with Gasteiger partial charge in [0, 0.05) is 12.5 Å². The molecule has 1 aliphatic carbocycles. The molecule has 0 bridgehead atoms. The summed E-state index contributed by atoms with van der Waals surface area (Å²) in [5.74, 6) is 0.228. The Bertz CT molecular complexity index is 523. The van der Waals surface area contributed by atoms with Gasteiger partial charge in [0.05, 0.1) is 6.04 Å². The molecule has 0 radical (unpaired) electrons. The third-order valence-corrected chi connectivity index (χ3v) is 5.62. The molecule has 1 aromatic rings. The lowest BCUT2D eigenvalue weighted by Crippen LogP contribution is -2.47. The van der Waals surface area contributed by atoms with Gasteiger partial charge in [0.15, 0.2) is 0 Å². The number of hydrogen-bond acceptors (Lipinski definition) is 3. The molecule has 2 aliphatic rings. The van der Waals surface area contributed by atoms with E-state index in [1.807, 2.05) is 11.8 Å². The average Bonchev–Trinajstić information content (AvgIpc) is 3.26. The van der Waals surface area contributed by atoms with Crippen molar-refractivity contribution in [1.29, 1.82) is 0 Å². The molecule has 1 N–H and O–H groups in total. The van der Waals surface area contributed by atoms with Crippen LogP contribution in [-0.4, -0.2) is 29.3 Å². The third-order valence-electron chi connectivity index (χ3n) is 4.92. The molecule has 0 aromatic carbocycles. The Balaban J connectivity index is 1.61. The Morgan fingerprint density at radius 2 is 2.05 bits per heavy atom. The minimum absolute atomic E-state index is 0.0556. The lowest BCUT2D eigenvalue weighted by molar-refractivity contribution is -0.137. The van der Waals surface area contributed by atoms with Crippen LogP contribution in [0, 0.1) is 5.92 Å². The van der Waals surface area contributed by atoms with Crippen LogP contribution in [0.4, 0.5) is 0 Å². The monoisotopic (exact) mass is 320 g/mol. The molecule has 1 saturated heterocycles. The molecule has 0 spiro atoms. The highest BCUT2D eigenvalue weighted by atomic mass is 32.1. The second kappa shape index (κ2) is 6.82. The normalized spacial score (nSPS) is 23.7. The largest absolute Gasteiger partial charge is 0.344 e. The molecule has 2 heterocycles. The summed E-state index contributed by atoms with van der Waals surface area (Å²) < 4.78 is 0. The highest BCUT2D eigenvalue weighted by Crippen LogP contribution is 2.33. The van der Waals surface area contributed by atoms with E-state index in [9.17, 15) is 9.59 Å². The summed E-state index contributed by atoms with van der Waals surface area (Å²) in [4.78, 5) is 26.9. The summed E-state index contributed by atoms with van der Waals surface area (Å²) in [5.41, 5.74) is 1.23. The van der Waals surface area contributed by atoms with Crippen LogP contribution in [-0.2, 0) is 9.59 Å². The van der Waals surface area contributed by atoms with Crippen LogP contribution in [0.2, 0.25) is 0 Å². The number of rotatable bonds is 4. The number of carbonyl (C=O) groups excluding carboxylic acids is 2. The van der Waals surface area contributed by atoms with Gasteiger partial charge in [-0.3, -0.25) is 9.59 Å². The molecule has 1 aromatic heterocycles. The topological polar surface area (TPSA) is 49.4 Å². The summed E-state index contributed by atoms with van der Waals surface area (Å²) in [5, 5.41) is 7.12. The molecule has 120 valence electrons. The molecule has 0 unspecified atom stereocenters. The van der Waals surface area contributed by atoms with Crippen molar-refractivity contribution in [3.05, 3.63) is 22.4 Å². The molecule has 5 heteroatoms. The predicted octanol–water partition coefficient (Wildman–Crippen LogP) is 3.11. The minimum Gasteiger partial charge on any atom is -0.344 e. The van der Waals surface area contributed by atoms with Gasteiger partial charge in [0.25, 0.3) is 0 Å². The SMILES string of the molecule is C[C@@H](NC(=O)C1CCCC1)C(=O)N1CCC[C@H]1c1ccsc1. The van der Waals surface area contributed by atoms with E-state index in [0.717, 1.165) is 45.1 Å². The first kappa shape index (κ1) is 15.5. The molecule has 22 heavy (non-hydrogen) atoms. The number of thiophene rings is 1. The maximum absolute atomic E-state index is 12.7. The Hall–Kier alpha value is -1.36. The maximum Gasteiger partial charge on any atom is 0.245 e. The zero-order valence-electron chi connectivity index (χ0n) is 13.1. The van der Waals surface area contributed by atoms with Crippen molar-refractivity contribution in [2.24, 2.45) is 5.92 Å². The first-order valence-electron chi connectivity index (χ1n) is 8.30. The Labute approximate surface area is 135 Å². The lowest BCUT2D eigenvalue weighted by Gasteiger charge is -2.28. The summed E-state index contributed by atoms with van der Waals surface area (Å²) in [6, 6.07) is 1.86. The third kappa shape index (κ3) is 3.19. The Kier molecular flexibility index (Phi) is 4.81. The van der Waals surface area contributed by atoms with E-state index in [-0.39, 0.29) is 23.8 Å². The van der Waals surface area contributed by atoms with Crippen molar-refractivity contribution < 1.29 is 9.59 Å². The van der Waals surface area contributed by atoms with E-state index in [1.54, 1.807) is 11.3 Å². The highest BCUT2D eigenvalue weighted by Gasteiger charge is 2.34. The van der Waals surface area contributed by atoms with Crippen LogP contribution in [0.3, 0.4) is 0 Å². The van der Waals surface area contributed by atoms with Gasteiger partial charge in [-0.1, -0.05) is 12.8 Å². The fourth-order valence-corrected chi connectivity index (χ4v) is 4.38. The molecule has 2 fully saturated rings. The van der Waals surface area contributed by atoms with Crippen LogP contribution >= 0.6 is 11.3 Å². The van der Waals surface area contributed by atoms with Crippen molar-refractivity contribution in [2.75, 3.05) is 6.54 Å². The van der Waals surface area contributed by atoms with Gasteiger partial charge >= 0.3 is 0 Å². The number of nitrogens with zero attached hydrogens (tertiary/aromatic N) is 1. The summed E-state index contributed by atoms with van der Waals surface area (Å²) >= 11 is 1.67. The first-order chi connectivity index (χ1) is 10.7. The fourth-order valence-electron chi connectivity index (χ4n) is 3.67. The van der Waals surface area contributed by atoms with Crippen LogP contribution in [0.15, 0.2) is 16.8 Å². The van der Waals surface area contributed by atoms with E-state index in [1.165, 1.54) is 5.56 Å². The maximum atomic E-state index is 12.7. The number of carbonyl (C=O) groups is 2. The number of likely N-dealkylation sites (tertiary alicyclic amines) is 1. The average molecular weight is 320 g/mol. The molecule has 1 aliphatic heterocycles. The standard InChI is InChI=1S/C17H24N2O2S/c1-12(18-16(20)13-5-2-3-6-13)17(21)19-9-4-7-15(19)14-8-10-22-11-14/h8,10-13,15H,2-7,9H2,1H3,(H,18,20)/t12-,15+/m1/s1. The number of hydrogen-bond donors (Lipinski definition) is 1. The summed E-state index contributed by atoms with van der Waals surface area (Å²) in [6.07, 6.45) is 6.25. The van der Waals surface area contributed by atoms with Crippen molar-refractivity contribution in [3.63, 3.8) is 0 Å². The van der Waals surface area contributed by atoms with Crippen LogP contribution in [0.1, 0.15) is 57.1 Å². The number of amides is 2. The van der Waals surface area contributed by atoms with E-state index >= 15 is 0 Å². The smallest absolute Gasteiger partial charge is 0.245 e. The quantitative estimate of drug-likeness (QED) is 0.927. The molecule has 4 nitrogen and oxygen atoms in total. The van der Waals surface area contributed by atoms with E-state index in [0.29, 0.717) is 0 Å². The van der Waals surface area contributed by atoms with Crippen molar-refractivity contribution in [1.82, 2.24) is 10.2 Å².